The molecule has 1 aliphatic rings. The van der Waals surface area contributed by atoms with Crippen LogP contribution in [0, 0.1) is 5.92 Å². The summed E-state index contributed by atoms with van der Waals surface area (Å²) in [5.41, 5.74) is 0. The Labute approximate surface area is 65.0 Å². The van der Waals surface area contributed by atoms with Crippen molar-refractivity contribution >= 4 is 0 Å². The maximum absolute atomic E-state index is 12.5. The highest BCUT2D eigenvalue weighted by molar-refractivity contribution is 4.92. The molecule has 11 heavy (non-hydrogen) atoms. The van der Waals surface area contributed by atoms with E-state index in [2.05, 4.69) is 4.74 Å². The van der Waals surface area contributed by atoms with Gasteiger partial charge in [-0.05, 0) is 18.4 Å². The van der Waals surface area contributed by atoms with Crippen molar-refractivity contribution in [3.63, 3.8) is 0 Å². The van der Waals surface area contributed by atoms with Gasteiger partial charge in [0.2, 0.25) is 5.92 Å². The predicted octanol–water partition coefficient (Wildman–Crippen LogP) is 2.58. The molecule has 0 N–H and O–H groups in total. The maximum Gasteiger partial charge on any atom is 0.248 e. The fourth-order valence-corrected chi connectivity index (χ4v) is 1.34. The topological polar surface area (TPSA) is 9.23 Å². The number of allylic oxidation sites excluding steroid dienone is 1. The Morgan fingerprint density at radius 2 is 2.27 bits per heavy atom. The average molecular weight is 162 g/mol. The van der Waals surface area contributed by atoms with Crippen LogP contribution in [0.5, 0.6) is 0 Å². The second kappa shape index (κ2) is 3.20. The average Bonchev–Trinajstić information content (AvgIpc) is 2.26. The van der Waals surface area contributed by atoms with E-state index < -0.39 is 5.92 Å². The highest BCUT2D eigenvalue weighted by Gasteiger charge is 2.38. The molecule has 1 saturated carbocycles. The normalized spacial score (nSPS) is 29.5. The predicted molar refractivity (Wildman–Crippen MR) is 38.4 cm³/mol. The van der Waals surface area contributed by atoms with Crippen LogP contribution in [-0.2, 0) is 4.74 Å². The van der Waals surface area contributed by atoms with Crippen molar-refractivity contribution in [3.05, 3.63) is 12.3 Å². The minimum absolute atomic E-state index is 0.00458. The first-order chi connectivity index (χ1) is 5.14. The number of ether oxygens (including phenoxy) is 1. The third kappa shape index (κ3) is 2.48. The molecule has 0 aromatic heterocycles. The molecule has 0 aromatic rings. The highest BCUT2D eigenvalue weighted by atomic mass is 19.3. The molecule has 0 aromatic carbocycles. The zero-order valence-electron chi connectivity index (χ0n) is 6.52. The lowest BCUT2D eigenvalue weighted by atomic mass is 10.1. The number of hydrogen-bond donors (Lipinski definition) is 0. The summed E-state index contributed by atoms with van der Waals surface area (Å²) in [7, 11) is 1.52. The van der Waals surface area contributed by atoms with Crippen LogP contribution in [0.25, 0.3) is 0 Å². The molecule has 1 rings (SSSR count). The fourth-order valence-electron chi connectivity index (χ4n) is 1.34. The molecule has 0 amide bonds. The van der Waals surface area contributed by atoms with E-state index in [1.165, 1.54) is 13.4 Å². The van der Waals surface area contributed by atoms with Gasteiger partial charge in [-0.15, -0.1) is 0 Å². The molecule has 1 fully saturated rings. The van der Waals surface area contributed by atoms with Gasteiger partial charge in [-0.3, -0.25) is 0 Å². The standard InChI is InChI=1S/C8H12F2O/c1-11-5-3-7-2-4-8(9,10)6-7/h3,5,7H,2,4,6H2,1H3. The van der Waals surface area contributed by atoms with Crippen LogP contribution in [0.4, 0.5) is 8.78 Å². The summed E-state index contributed by atoms with van der Waals surface area (Å²) < 4.78 is 29.7. The SMILES string of the molecule is COC=CC1CCC(F)(F)C1. The smallest absolute Gasteiger partial charge is 0.248 e. The zero-order valence-corrected chi connectivity index (χ0v) is 6.52. The Morgan fingerprint density at radius 3 is 2.73 bits per heavy atom. The van der Waals surface area contributed by atoms with Gasteiger partial charge in [-0.25, -0.2) is 8.78 Å². The van der Waals surface area contributed by atoms with Gasteiger partial charge >= 0.3 is 0 Å². The third-order valence-electron chi connectivity index (χ3n) is 1.93. The van der Waals surface area contributed by atoms with E-state index in [9.17, 15) is 8.78 Å². The molecule has 0 saturated heterocycles. The maximum atomic E-state index is 12.5. The van der Waals surface area contributed by atoms with Crippen LogP contribution in [0.2, 0.25) is 0 Å². The minimum atomic E-state index is -2.44. The van der Waals surface area contributed by atoms with Crippen molar-refractivity contribution in [2.45, 2.75) is 25.2 Å². The van der Waals surface area contributed by atoms with Crippen LogP contribution < -0.4 is 0 Å². The van der Waals surface area contributed by atoms with Crippen LogP contribution in [0.3, 0.4) is 0 Å². The summed E-state index contributed by atoms with van der Waals surface area (Å²) >= 11 is 0. The van der Waals surface area contributed by atoms with Gasteiger partial charge in [0.25, 0.3) is 0 Å². The molecule has 1 atom stereocenters. The molecular weight excluding hydrogens is 150 g/mol. The van der Waals surface area contributed by atoms with Crippen molar-refractivity contribution in [1.29, 1.82) is 0 Å². The second-order valence-electron chi connectivity index (χ2n) is 2.92. The number of hydrogen-bond acceptors (Lipinski definition) is 1. The summed E-state index contributed by atoms with van der Waals surface area (Å²) in [6.45, 7) is 0. The van der Waals surface area contributed by atoms with Gasteiger partial charge in [0.15, 0.2) is 0 Å². The van der Waals surface area contributed by atoms with Crippen molar-refractivity contribution in [1.82, 2.24) is 0 Å². The summed E-state index contributed by atoms with van der Waals surface area (Å²) in [5, 5.41) is 0. The van der Waals surface area contributed by atoms with Gasteiger partial charge in [0, 0.05) is 12.8 Å². The zero-order chi connectivity index (χ0) is 8.32. The van der Waals surface area contributed by atoms with Crippen LogP contribution in [0.1, 0.15) is 19.3 Å². The van der Waals surface area contributed by atoms with E-state index >= 15 is 0 Å². The second-order valence-corrected chi connectivity index (χ2v) is 2.92. The largest absolute Gasteiger partial charge is 0.505 e. The Bertz CT molecular complexity index is 154. The molecule has 64 valence electrons. The number of methoxy groups -OCH3 is 1. The highest BCUT2D eigenvalue weighted by Crippen LogP contribution is 2.39. The van der Waals surface area contributed by atoms with Crippen molar-refractivity contribution in [2.24, 2.45) is 5.92 Å². The monoisotopic (exact) mass is 162 g/mol. The first kappa shape index (κ1) is 8.50. The van der Waals surface area contributed by atoms with E-state index in [0.717, 1.165) is 0 Å². The van der Waals surface area contributed by atoms with E-state index in [1.54, 1.807) is 6.08 Å². The van der Waals surface area contributed by atoms with Crippen LogP contribution >= 0.6 is 0 Å². The van der Waals surface area contributed by atoms with E-state index in [-0.39, 0.29) is 18.8 Å². The molecule has 0 bridgehead atoms. The number of rotatable bonds is 2. The molecule has 3 heteroatoms. The van der Waals surface area contributed by atoms with Crippen molar-refractivity contribution in [2.75, 3.05) is 7.11 Å². The number of alkyl halides is 2. The van der Waals surface area contributed by atoms with E-state index in [1.807, 2.05) is 0 Å². The molecule has 1 unspecified atom stereocenters. The lowest BCUT2D eigenvalue weighted by molar-refractivity contribution is 0.00671. The van der Waals surface area contributed by atoms with Gasteiger partial charge in [0.05, 0.1) is 13.4 Å². The molecule has 0 radical (unpaired) electrons. The lowest BCUT2D eigenvalue weighted by Crippen LogP contribution is -2.08. The fraction of sp³-hybridized carbons (Fsp3) is 0.750. The minimum Gasteiger partial charge on any atom is -0.505 e. The van der Waals surface area contributed by atoms with Crippen LogP contribution in [-0.4, -0.2) is 13.0 Å². The Balaban J connectivity index is 2.36. The van der Waals surface area contributed by atoms with Crippen molar-refractivity contribution < 1.29 is 13.5 Å². The number of halogens is 2. The summed E-state index contributed by atoms with van der Waals surface area (Å²) in [5.74, 6) is -2.44. The van der Waals surface area contributed by atoms with Crippen molar-refractivity contribution in [3.8, 4) is 0 Å². The molecule has 0 spiro atoms. The van der Waals surface area contributed by atoms with Crippen LogP contribution in [0.15, 0.2) is 12.3 Å². The lowest BCUT2D eigenvalue weighted by Gasteiger charge is -2.05. The first-order valence-electron chi connectivity index (χ1n) is 3.71. The molecular formula is C8H12F2O. The Kier molecular flexibility index (Phi) is 2.47. The summed E-state index contributed by atoms with van der Waals surface area (Å²) in [6, 6.07) is 0. The molecule has 1 aliphatic carbocycles. The third-order valence-corrected chi connectivity index (χ3v) is 1.93. The molecule has 0 heterocycles. The Morgan fingerprint density at radius 1 is 1.55 bits per heavy atom. The quantitative estimate of drug-likeness (QED) is 0.567. The summed E-state index contributed by atoms with van der Waals surface area (Å²) in [6.07, 6.45) is 3.76. The Hall–Kier alpha value is -0.600. The van der Waals surface area contributed by atoms with Gasteiger partial charge < -0.3 is 4.74 Å². The van der Waals surface area contributed by atoms with E-state index in [0.29, 0.717) is 6.42 Å². The molecule has 1 nitrogen and oxygen atoms in total. The summed E-state index contributed by atoms with van der Waals surface area (Å²) in [4.78, 5) is 0. The van der Waals surface area contributed by atoms with Gasteiger partial charge in [0.1, 0.15) is 0 Å². The van der Waals surface area contributed by atoms with E-state index in [4.69, 9.17) is 0 Å². The first-order valence-corrected chi connectivity index (χ1v) is 3.71. The van der Waals surface area contributed by atoms with Gasteiger partial charge in [-0.1, -0.05) is 0 Å². The molecule has 0 aliphatic heterocycles. The van der Waals surface area contributed by atoms with Gasteiger partial charge in [-0.2, -0.15) is 0 Å².